The van der Waals surface area contributed by atoms with Gasteiger partial charge in [-0.15, -0.1) is 11.3 Å². The summed E-state index contributed by atoms with van der Waals surface area (Å²) in [7, 11) is 1.28. The molecule has 17 heavy (non-hydrogen) atoms. The van der Waals surface area contributed by atoms with E-state index in [-0.39, 0.29) is 10.7 Å². The van der Waals surface area contributed by atoms with Crippen molar-refractivity contribution in [1.82, 2.24) is 4.98 Å². The van der Waals surface area contributed by atoms with Crippen molar-refractivity contribution < 1.29 is 13.9 Å². The van der Waals surface area contributed by atoms with E-state index >= 15 is 0 Å². The van der Waals surface area contributed by atoms with Crippen LogP contribution < -0.4 is 0 Å². The SMILES string of the molecule is COC(=O)c1csc(-c2cc(F)cc(Cl)c2)n1. The Morgan fingerprint density at radius 1 is 1.47 bits per heavy atom. The summed E-state index contributed by atoms with van der Waals surface area (Å²) >= 11 is 6.97. The summed E-state index contributed by atoms with van der Waals surface area (Å²) in [4.78, 5) is 15.3. The molecule has 1 aromatic carbocycles. The Labute approximate surface area is 106 Å². The van der Waals surface area contributed by atoms with Crippen LogP contribution in [-0.4, -0.2) is 18.1 Å². The number of carbonyl (C=O) groups is 1. The van der Waals surface area contributed by atoms with Gasteiger partial charge in [0.05, 0.1) is 7.11 Å². The van der Waals surface area contributed by atoms with Crippen LogP contribution in [-0.2, 0) is 4.74 Å². The first-order valence-electron chi connectivity index (χ1n) is 4.60. The van der Waals surface area contributed by atoms with Crippen LogP contribution in [0.5, 0.6) is 0 Å². The number of methoxy groups -OCH3 is 1. The fraction of sp³-hybridized carbons (Fsp3) is 0.0909. The van der Waals surface area contributed by atoms with Crippen LogP contribution in [0.15, 0.2) is 23.6 Å². The van der Waals surface area contributed by atoms with E-state index in [2.05, 4.69) is 9.72 Å². The van der Waals surface area contributed by atoms with Crippen molar-refractivity contribution >= 4 is 28.9 Å². The zero-order valence-corrected chi connectivity index (χ0v) is 10.3. The van der Waals surface area contributed by atoms with E-state index in [1.165, 1.54) is 30.6 Å². The molecule has 0 unspecified atom stereocenters. The lowest BCUT2D eigenvalue weighted by Crippen LogP contribution is -2.00. The molecule has 2 aromatic rings. The standard InChI is InChI=1S/C11H7ClFNO2S/c1-16-11(15)9-5-17-10(14-9)6-2-7(12)4-8(13)3-6/h2-5H,1H3. The van der Waals surface area contributed by atoms with Gasteiger partial charge in [-0.25, -0.2) is 14.2 Å². The van der Waals surface area contributed by atoms with Crippen molar-refractivity contribution in [3.8, 4) is 10.6 Å². The highest BCUT2D eigenvalue weighted by Crippen LogP contribution is 2.27. The third-order valence-corrected chi connectivity index (χ3v) is 3.12. The van der Waals surface area contributed by atoms with Gasteiger partial charge in [0.15, 0.2) is 5.69 Å². The number of nitrogens with zero attached hydrogens (tertiary/aromatic N) is 1. The summed E-state index contributed by atoms with van der Waals surface area (Å²) in [6, 6.07) is 4.11. The van der Waals surface area contributed by atoms with Crippen LogP contribution in [0.25, 0.3) is 10.6 Å². The molecule has 88 valence electrons. The number of rotatable bonds is 2. The molecular weight excluding hydrogens is 265 g/mol. The molecule has 0 aliphatic rings. The lowest BCUT2D eigenvalue weighted by molar-refractivity contribution is 0.0595. The fourth-order valence-electron chi connectivity index (χ4n) is 1.28. The molecule has 1 aromatic heterocycles. The van der Waals surface area contributed by atoms with E-state index in [1.54, 1.807) is 11.4 Å². The first kappa shape index (κ1) is 12.0. The van der Waals surface area contributed by atoms with Gasteiger partial charge in [0.25, 0.3) is 0 Å². The molecule has 0 bridgehead atoms. The molecule has 0 fully saturated rings. The first-order valence-corrected chi connectivity index (χ1v) is 5.86. The molecular formula is C11H7ClFNO2S. The van der Waals surface area contributed by atoms with Crippen molar-refractivity contribution in [2.24, 2.45) is 0 Å². The summed E-state index contributed by atoms with van der Waals surface area (Å²) in [5.41, 5.74) is 0.739. The van der Waals surface area contributed by atoms with E-state index in [0.29, 0.717) is 10.6 Å². The number of benzene rings is 1. The van der Waals surface area contributed by atoms with E-state index in [1.807, 2.05) is 0 Å². The molecule has 0 spiro atoms. The van der Waals surface area contributed by atoms with Gasteiger partial charge >= 0.3 is 5.97 Å². The van der Waals surface area contributed by atoms with Crippen LogP contribution >= 0.6 is 22.9 Å². The highest BCUT2D eigenvalue weighted by Gasteiger charge is 2.12. The van der Waals surface area contributed by atoms with Gasteiger partial charge in [0.2, 0.25) is 0 Å². The first-order chi connectivity index (χ1) is 8.10. The average molecular weight is 272 g/mol. The van der Waals surface area contributed by atoms with Crippen molar-refractivity contribution in [3.63, 3.8) is 0 Å². The van der Waals surface area contributed by atoms with Crippen molar-refractivity contribution in [2.45, 2.75) is 0 Å². The summed E-state index contributed by atoms with van der Waals surface area (Å²) in [5, 5.41) is 2.36. The molecule has 2 rings (SSSR count). The number of thiazole rings is 1. The zero-order valence-electron chi connectivity index (χ0n) is 8.74. The van der Waals surface area contributed by atoms with Crippen molar-refractivity contribution in [1.29, 1.82) is 0 Å². The topological polar surface area (TPSA) is 39.2 Å². The van der Waals surface area contributed by atoms with Crippen LogP contribution in [0.3, 0.4) is 0 Å². The van der Waals surface area contributed by atoms with Crippen molar-refractivity contribution in [3.05, 3.63) is 40.1 Å². The monoisotopic (exact) mass is 271 g/mol. The van der Waals surface area contributed by atoms with Gasteiger partial charge in [-0.1, -0.05) is 11.6 Å². The molecule has 0 aliphatic heterocycles. The van der Waals surface area contributed by atoms with Gasteiger partial charge in [-0.05, 0) is 18.2 Å². The molecule has 1 heterocycles. The normalized spacial score (nSPS) is 10.3. The molecule has 0 N–H and O–H groups in total. The second kappa shape index (κ2) is 4.81. The van der Waals surface area contributed by atoms with Gasteiger partial charge in [0.1, 0.15) is 10.8 Å². The molecule has 0 aliphatic carbocycles. The predicted octanol–water partition coefficient (Wildman–Crippen LogP) is 3.39. The quantitative estimate of drug-likeness (QED) is 0.786. The summed E-state index contributed by atoms with van der Waals surface area (Å²) in [6.07, 6.45) is 0. The largest absolute Gasteiger partial charge is 0.464 e. The van der Waals surface area contributed by atoms with Crippen LogP contribution in [0.2, 0.25) is 5.02 Å². The smallest absolute Gasteiger partial charge is 0.357 e. The van der Waals surface area contributed by atoms with Gasteiger partial charge in [-0.2, -0.15) is 0 Å². The number of hydrogen-bond donors (Lipinski definition) is 0. The maximum atomic E-state index is 13.1. The third kappa shape index (κ3) is 2.62. The number of ether oxygens (including phenoxy) is 1. The third-order valence-electron chi connectivity index (χ3n) is 2.01. The Bertz CT molecular complexity index is 550. The predicted molar refractivity (Wildman–Crippen MR) is 63.9 cm³/mol. The number of halogens is 2. The van der Waals surface area contributed by atoms with E-state index in [9.17, 15) is 9.18 Å². The fourth-order valence-corrected chi connectivity index (χ4v) is 2.28. The van der Waals surface area contributed by atoms with Crippen molar-refractivity contribution in [2.75, 3.05) is 7.11 Å². The number of esters is 1. The summed E-state index contributed by atoms with van der Waals surface area (Å²) in [6.45, 7) is 0. The second-order valence-corrected chi connectivity index (χ2v) is 4.48. The minimum Gasteiger partial charge on any atom is -0.464 e. The van der Waals surface area contributed by atoms with E-state index < -0.39 is 11.8 Å². The lowest BCUT2D eigenvalue weighted by atomic mass is 10.2. The number of aromatic nitrogens is 1. The molecule has 6 heteroatoms. The second-order valence-electron chi connectivity index (χ2n) is 3.19. The zero-order chi connectivity index (χ0) is 12.4. The highest BCUT2D eigenvalue weighted by atomic mass is 35.5. The minimum absolute atomic E-state index is 0.202. The number of carbonyl (C=O) groups excluding carboxylic acids is 1. The van der Waals surface area contributed by atoms with Gasteiger partial charge in [0, 0.05) is 16.0 Å². The molecule has 0 atom stereocenters. The van der Waals surface area contributed by atoms with Gasteiger partial charge < -0.3 is 4.74 Å². The summed E-state index contributed by atoms with van der Waals surface area (Å²) < 4.78 is 17.7. The minimum atomic E-state index is -0.519. The van der Waals surface area contributed by atoms with E-state index in [4.69, 9.17) is 11.6 Å². The Morgan fingerprint density at radius 3 is 2.88 bits per heavy atom. The molecule has 0 radical (unpaired) electrons. The molecule has 0 saturated heterocycles. The molecule has 3 nitrogen and oxygen atoms in total. The summed E-state index contributed by atoms with van der Waals surface area (Å²) in [5.74, 6) is -0.961. The van der Waals surface area contributed by atoms with Gasteiger partial charge in [-0.3, -0.25) is 0 Å². The Balaban J connectivity index is 2.40. The maximum absolute atomic E-state index is 13.1. The van der Waals surface area contributed by atoms with Crippen LogP contribution in [0, 0.1) is 5.82 Å². The van der Waals surface area contributed by atoms with Crippen LogP contribution in [0.4, 0.5) is 4.39 Å². The Kier molecular flexibility index (Phi) is 3.40. The highest BCUT2D eigenvalue weighted by molar-refractivity contribution is 7.13. The molecule has 0 saturated carbocycles. The molecule has 0 amide bonds. The van der Waals surface area contributed by atoms with Crippen LogP contribution in [0.1, 0.15) is 10.5 Å². The average Bonchev–Trinajstić information content (AvgIpc) is 2.76. The number of hydrogen-bond acceptors (Lipinski definition) is 4. The lowest BCUT2D eigenvalue weighted by Gasteiger charge is -1.98. The maximum Gasteiger partial charge on any atom is 0.357 e. The Morgan fingerprint density at radius 2 is 2.24 bits per heavy atom. The Hall–Kier alpha value is -1.46. The van der Waals surface area contributed by atoms with E-state index in [0.717, 1.165) is 0 Å².